The number of carbonyl (C=O) groups excluding carboxylic acids is 2. The van der Waals surface area contributed by atoms with Gasteiger partial charge in [-0.1, -0.05) is 30.3 Å². The Morgan fingerprint density at radius 2 is 1.55 bits per heavy atom. The summed E-state index contributed by atoms with van der Waals surface area (Å²) in [6, 6.07) is 15.1. The monoisotopic (exact) mass is 296 g/mol. The van der Waals surface area contributed by atoms with Gasteiger partial charge in [0.05, 0.1) is 0 Å². The number of carbonyl (C=O) groups is 2. The highest BCUT2D eigenvalue weighted by Crippen LogP contribution is 2.18. The third kappa shape index (κ3) is 3.49. The van der Waals surface area contributed by atoms with Gasteiger partial charge < -0.3 is 16.8 Å². The molecule has 0 heterocycles. The molecule has 2 amide bonds. The summed E-state index contributed by atoms with van der Waals surface area (Å²) in [6.45, 7) is 0. The lowest BCUT2D eigenvalue weighted by Gasteiger charge is -2.14. The van der Waals surface area contributed by atoms with Gasteiger partial charge in [0.2, 0.25) is 11.8 Å². The molecule has 112 valence electrons. The molecule has 2 aromatic carbocycles. The molecule has 0 aliphatic rings. The van der Waals surface area contributed by atoms with Crippen LogP contribution in [0.3, 0.4) is 0 Å². The van der Waals surface area contributed by atoms with E-state index in [1.165, 1.54) is 0 Å². The van der Waals surface area contributed by atoms with E-state index in [0.717, 1.165) is 0 Å². The molecule has 22 heavy (non-hydrogen) atoms. The van der Waals surface area contributed by atoms with E-state index in [2.05, 4.69) is 5.32 Å². The summed E-state index contributed by atoms with van der Waals surface area (Å²) in [4.78, 5) is 23.9. The van der Waals surface area contributed by atoms with Gasteiger partial charge in [0, 0.05) is 11.3 Å². The molecular formula is C16H16N4O2. The van der Waals surface area contributed by atoms with E-state index >= 15 is 0 Å². The first kappa shape index (κ1) is 15.2. The smallest absolute Gasteiger partial charge is 0.241 e. The van der Waals surface area contributed by atoms with Gasteiger partial charge in [-0.15, -0.1) is 0 Å². The van der Waals surface area contributed by atoms with Crippen molar-refractivity contribution in [2.24, 2.45) is 11.5 Å². The first-order valence-electron chi connectivity index (χ1n) is 6.58. The summed E-state index contributed by atoms with van der Waals surface area (Å²) in [5.41, 5.74) is 12.3. The van der Waals surface area contributed by atoms with Gasteiger partial charge in [0.25, 0.3) is 0 Å². The second-order valence-corrected chi connectivity index (χ2v) is 4.73. The SMILES string of the molecule is N=C(N)c1ccc(NC(=O)C(C(N)=O)c2ccccc2)cc1. The molecular weight excluding hydrogens is 280 g/mol. The molecule has 0 saturated carbocycles. The first-order valence-corrected chi connectivity index (χ1v) is 6.58. The van der Waals surface area contributed by atoms with Crippen LogP contribution < -0.4 is 16.8 Å². The van der Waals surface area contributed by atoms with E-state index in [9.17, 15) is 9.59 Å². The Morgan fingerprint density at radius 1 is 0.955 bits per heavy atom. The molecule has 0 aliphatic heterocycles. The highest BCUT2D eigenvalue weighted by atomic mass is 16.2. The predicted molar refractivity (Wildman–Crippen MR) is 84.5 cm³/mol. The Hall–Kier alpha value is -3.15. The van der Waals surface area contributed by atoms with Crippen LogP contribution in [0, 0.1) is 5.41 Å². The topological polar surface area (TPSA) is 122 Å². The molecule has 0 bridgehead atoms. The number of primary amides is 1. The van der Waals surface area contributed by atoms with E-state index < -0.39 is 17.7 Å². The van der Waals surface area contributed by atoms with E-state index in [1.807, 2.05) is 0 Å². The second kappa shape index (κ2) is 6.53. The average molecular weight is 296 g/mol. The fourth-order valence-corrected chi connectivity index (χ4v) is 2.04. The molecule has 0 saturated heterocycles. The van der Waals surface area contributed by atoms with Crippen molar-refractivity contribution in [3.8, 4) is 0 Å². The number of nitrogens with one attached hydrogen (secondary N) is 2. The fourth-order valence-electron chi connectivity index (χ4n) is 2.04. The lowest BCUT2D eigenvalue weighted by atomic mass is 9.97. The van der Waals surface area contributed by atoms with Gasteiger partial charge in [0.15, 0.2) is 0 Å². The summed E-state index contributed by atoms with van der Waals surface area (Å²) < 4.78 is 0. The molecule has 6 nitrogen and oxygen atoms in total. The van der Waals surface area contributed by atoms with Crippen LogP contribution in [-0.2, 0) is 9.59 Å². The largest absolute Gasteiger partial charge is 0.384 e. The molecule has 6 N–H and O–H groups in total. The van der Waals surface area contributed by atoms with E-state index in [-0.39, 0.29) is 5.84 Å². The second-order valence-electron chi connectivity index (χ2n) is 4.73. The molecule has 2 rings (SSSR count). The lowest BCUT2D eigenvalue weighted by Crippen LogP contribution is -2.32. The van der Waals surface area contributed by atoms with Gasteiger partial charge >= 0.3 is 0 Å². The summed E-state index contributed by atoms with van der Waals surface area (Å²) in [5.74, 6) is -2.34. The molecule has 0 fully saturated rings. The summed E-state index contributed by atoms with van der Waals surface area (Å²) in [5, 5.41) is 9.95. The minimum Gasteiger partial charge on any atom is -0.384 e. The van der Waals surface area contributed by atoms with Crippen LogP contribution in [0.2, 0.25) is 0 Å². The third-order valence-corrected chi connectivity index (χ3v) is 3.14. The summed E-state index contributed by atoms with van der Waals surface area (Å²) >= 11 is 0. The van der Waals surface area contributed by atoms with Crippen molar-refractivity contribution >= 4 is 23.3 Å². The zero-order valence-electron chi connectivity index (χ0n) is 11.7. The number of rotatable bonds is 5. The normalized spacial score (nSPS) is 11.5. The number of benzene rings is 2. The Morgan fingerprint density at radius 3 is 2.05 bits per heavy atom. The van der Waals surface area contributed by atoms with Crippen molar-refractivity contribution in [3.05, 3.63) is 65.7 Å². The first-order chi connectivity index (χ1) is 10.5. The van der Waals surface area contributed by atoms with Crippen molar-refractivity contribution < 1.29 is 9.59 Å². The maximum absolute atomic E-state index is 12.3. The number of hydrogen-bond donors (Lipinski definition) is 4. The van der Waals surface area contributed by atoms with Crippen LogP contribution in [0.1, 0.15) is 17.0 Å². The number of nitrogens with two attached hydrogens (primary N) is 2. The fraction of sp³-hybridized carbons (Fsp3) is 0.0625. The highest BCUT2D eigenvalue weighted by Gasteiger charge is 2.26. The van der Waals surface area contributed by atoms with E-state index in [4.69, 9.17) is 16.9 Å². The molecule has 1 atom stereocenters. The standard InChI is InChI=1S/C16H16N4O2/c17-14(18)11-6-8-12(9-7-11)20-16(22)13(15(19)21)10-4-2-1-3-5-10/h1-9,13H,(H3,17,18)(H2,19,21)(H,20,22). The molecule has 0 aliphatic carbocycles. The molecule has 0 radical (unpaired) electrons. The molecule has 2 aromatic rings. The third-order valence-electron chi connectivity index (χ3n) is 3.14. The zero-order chi connectivity index (χ0) is 16.1. The van der Waals surface area contributed by atoms with Crippen molar-refractivity contribution in [3.63, 3.8) is 0 Å². The maximum atomic E-state index is 12.3. The maximum Gasteiger partial charge on any atom is 0.241 e. The Balaban J connectivity index is 2.18. The minimum absolute atomic E-state index is 0.0582. The number of nitrogen functional groups attached to an aromatic ring is 1. The number of amidine groups is 1. The van der Waals surface area contributed by atoms with Gasteiger partial charge in [-0.3, -0.25) is 15.0 Å². The highest BCUT2D eigenvalue weighted by molar-refractivity contribution is 6.10. The summed E-state index contributed by atoms with van der Waals surface area (Å²) in [6.07, 6.45) is 0. The van der Waals surface area contributed by atoms with Gasteiger partial charge in [-0.25, -0.2) is 0 Å². The van der Waals surface area contributed by atoms with Crippen molar-refractivity contribution in [2.45, 2.75) is 5.92 Å². The molecule has 6 heteroatoms. The van der Waals surface area contributed by atoms with Crippen LogP contribution in [0.5, 0.6) is 0 Å². The molecule has 0 spiro atoms. The predicted octanol–water partition coefficient (Wildman–Crippen LogP) is 1.18. The van der Waals surface area contributed by atoms with Crippen LogP contribution >= 0.6 is 0 Å². The van der Waals surface area contributed by atoms with Crippen LogP contribution in [-0.4, -0.2) is 17.6 Å². The summed E-state index contributed by atoms with van der Waals surface area (Å²) in [7, 11) is 0. The van der Waals surface area contributed by atoms with Gasteiger partial charge in [-0.05, 0) is 29.8 Å². The quantitative estimate of drug-likeness (QED) is 0.376. The Kier molecular flexibility index (Phi) is 4.53. The van der Waals surface area contributed by atoms with E-state index in [1.54, 1.807) is 54.6 Å². The van der Waals surface area contributed by atoms with Crippen LogP contribution in [0.4, 0.5) is 5.69 Å². The Bertz CT molecular complexity index is 696. The number of hydrogen-bond acceptors (Lipinski definition) is 3. The average Bonchev–Trinajstić information content (AvgIpc) is 2.48. The van der Waals surface area contributed by atoms with Crippen molar-refractivity contribution in [1.29, 1.82) is 5.41 Å². The van der Waals surface area contributed by atoms with Gasteiger partial charge in [0.1, 0.15) is 11.8 Å². The van der Waals surface area contributed by atoms with Crippen molar-refractivity contribution in [2.75, 3.05) is 5.32 Å². The van der Waals surface area contributed by atoms with Gasteiger partial charge in [-0.2, -0.15) is 0 Å². The Labute approximate surface area is 127 Å². The zero-order valence-corrected chi connectivity index (χ0v) is 11.7. The molecule has 0 aromatic heterocycles. The molecule has 1 unspecified atom stereocenters. The lowest BCUT2D eigenvalue weighted by molar-refractivity contribution is -0.127. The van der Waals surface area contributed by atoms with Crippen molar-refractivity contribution in [1.82, 2.24) is 0 Å². The van der Waals surface area contributed by atoms with Crippen LogP contribution in [0.25, 0.3) is 0 Å². The van der Waals surface area contributed by atoms with Crippen LogP contribution in [0.15, 0.2) is 54.6 Å². The minimum atomic E-state index is -1.06. The number of amides is 2. The van der Waals surface area contributed by atoms with E-state index in [0.29, 0.717) is 16.8 Å². The number of anilines is 1.